The number of rotatable bonds is 3. The SMILES string of the molecule is CC(C)(C=CC1CCCC1)S(N)=O. The van der Waals surface area contributed by atoms with E-state index in [2.05, 4.69) is 6.08 Å². The Kier molecular flexibility index (Phi) is 3.68. The van der Waals surface area contributed by atoms with Crippen molar-refractivity contribution in [1.82, 2.24) is 0 Å². The quantitative estimate of drug-likeness (QED) is 0.698. The number of allylic oxidation sites excluding steroid dienone is 1. The van der Waals surface area contributed by atoms with E-state index < -0.39 is 11.0 Å². The highest BCUT2D eigenvalue weighted by atomic mass is 32.2. The highest BCUT2D eigenvalue weighted by Crippen LogP contribution is 2.26. The van der Waals surface area contributed by atoms with Crippen molar-refractivity contribution in [2.75, 3.05) is 0 Å². The zero-order chi connectivity index (χ0) is 9.90. The fraction of sp³-hybridized carbons (Fsp3) is 0.800. The summed E-state index contributed by atoms with van der Waals surface area (Å²) in [5.74, 6) is 0.697. The van der Waals surface area contributed by atoms with Crippen molar-refractivity contribution in [2.45, 2.75) is 44.3 Å². The first-order valence-corrected chi connectivity index (χ1v) is 6.09. The van der Waals surface area contributed by atoms with Gasteiger partial charge in [-0.3, -0.25) is 5.14 Å². The van der Waals surface area contributed by atoms with Crippen LogP contribution in [0.2, 0.25) is 0 Å². The predicted molar refractivity (Wildman–Crippen MR) is 57.5 cm³/mol. The fourth-order valence-corrected chi connectivity index (χ4v) is 1.80. The average molecular weight is 201 g/mol. The molecule has 1 unspecified atom stereocenters. The van der Waals surface area contributed by atoms with E-state index in [0.29, 0.717) is 5.92 Å². The second-order valence-corrected chi connectivity index (χ2v) is 5.95. The Morgan fingerprint density at radius 3 is 2.38 bits per heavy atom. The van der Waals surface area contributed by atoms with Gasteiger partial charge in [0.1, 0.15) is 0 Å². The molecule has 0 aromatic carbocycles. The van der Waals surface area contributed by atoms with Gasteiger partial charge in [-0.1, -0.05) is 25.0 Å². The van der Waals surface area contributed by atoms with Crippen molar-refractivity contribution in [3.05, 3.63) is 12.2 Å². The Morgan fingerprint density at radius 1 is 1.38 bits per heavy atom. The molecule has 0 aromatic heterocycles. The van der Waals surface area contributed by atoms with Gasteiger partial charge in [-0.15, -0.1) is 0 Å². The second-order valence-electron chi connectivity index (χ2n) is 4.30. The van der Waals surface area contributed by atoms with Crippen LogP contribution in [0.5, 0.6) is 0 Å². The molecule has 13 heavy (non-hydrogen) atoms. The third-order valence-corrected chi connectivity index (χ3v) is 3.86. The predicted octanol–water partition coefficient (Wildman–Crippen LogP) is 2.13. The molecule has 0 spiro atoms. The Morgan fingerprint density at radius 2 is 1.92 bits per heavy atom. The molecule has 1 fully saturated rings. The molecule has 2 nitrogen and oxygen atoms in total. The zero-order valence-electron chi connectivity index (χ0n) is 8.45. The van der Waals surface area contributed by atoms with Crippen LogP contribution in [-0.2, 0) is 11.0 Å². The summed E-state index contributed by atoms with van der Waals surface area (Å²) >= 11 is 0. The first kappa shape index (κ1) is 10.9. The van der Waals surface area contributed by atoms with Gasteiger partial charge in [-0.2, -0.15) is 0 Å². The Labute approximate surface area is 83.2 Å². The summed E-state index contributed by atoms with van der Waals surface area (Å²) in [4.78, 5) is 0. The maximum Gasteiger partial charge on any atom is 0.0984 e. The minimum absolute atomic E-state index is 0.372. The Balaban J connectivity index is 2.50. The highest BCUT2D eigenvalue weighted by Gasteiger charge is 2.20. The molecular formula is C10H19NOS. The largest absolute Gasteiger partial charge is 0.251 e. The highest BCUT2D eigenvalue weighted by molar-refractivity contribution is 7.84. The molecule has 1 atom stereocenters. The topological polar surface area (TPSA) is 43.1 Å². The summed E-state index contributed by atoms with van der Waals surface area (Å²) in [5, 5.41) is 5.38. The molecule has 0 aromatic rings. The van der Waals surface area contributed by atoms with E-state index in [1.807, 2.05) is 19.9 Å². The Hall–Kier alpha value is -0.150. The van der Waals surface area contributed by atoms with Gasteiger partial charge in [0, 0.05) is 0 Å². The van der Waals surface area contributed by atoms with Crippen LogP contribution in [0.1, 0.15) is 39.5 Å². The normalized spacial score (nSPS) is 22.7. The zero-order valence-corrected chi connectivity index (χ0v) is 9.27. The smallest absolute Gasteiger partial charge is 0.0984 e. The molecule has 0 heterocycles. The van der Waals surface area contributed by atoms with Crippen molar-refractivity contribution >= 4 is 11.0 Å². The van der Waals surface area contributed by atoms with E-state index >= 15 is 0 Å². The Bertz CT molecular complexity index is 217. The molecule has 3 heteroatoms. The van der Waals surface area contributed by atoms with Crippen LogP contribution < -0.4 is 5.14 Å². The third kappa shape index (κ3) is 3.24. The van der Waals surface area contributed by atoms with Gasteiger partial charge in [-0.05, 0) is 32.6 Å². The summed E-state index contributed by atoms with van der Waals surface area (Å²) in [6.45, 7) is 3.82. The number of hydrogen-bond donors (Lipinski definition) is 1. The van der Waals surface area contributed by atoms with Crippen LogP contribution in [-0.4, -0.2) is 8.96 Å². The third-order valence-electron chi connectivity index (χ3n) is 2.69. The lowest BCUT2D eigenvalue weighted by Gasteiger charge is -2.16. The van der Waals surface area contributed by atoms with Gasteiger partial charge in [-0.25, -0.2) is 4.21 Å². The molecule has 1 aliphatic carbocycles. The molecule has 1 rings (SSSR count). The number of hydrogen-bond acceptors (Lipinski definition) is 1. The average Bonchev–Trinajstić information content (AvgIpc) is 2.52. The standard InChI is InChI=1S/C10H19NOS/c1-10(2,13(11)12)8-7-9-5-3-4-6-9/h7-9H,3-6,11H2,1-2H3. The van der Waals surface area contributed by atoms with Gasteiger partial charge >= 0.3 is 0 Å². The molecule has 1 saturated carbocycles. The van der Waals surface area contributed by atoms with E-state index in [-0.39, 0.29) is 4.75 Å². The van der Waals surface area contributed by atoms with E-state index in [1.165, 1.54) is 25.7 Å². The van der Waals surface area contributed by atoms with Crippen molar-refractivity contribution < 1.29 is 4.21 Å². The van der Waals surface area contributed by atoms with Gasteiger partial charge in [0.25, 0.3) is 0 Å². The second kappa shape index (κ2) is 4.38. The van der Waals surface area contributed by atoms with Crippen LogP contribution >= 0.6 is 0 Å². The first-order chi connectivity index (χ1) is 6.02. The first-order valence-electron chi connectivity index (χ1n) is 4.88. The number of nitrogens with two attached hydrogens (primary N) is 1. The van der Waals surface area contributed by atoms with Crippen molar-refractivity contribution in [1.29, 1.82) is 0 Å². The minimum Gasteiger partial charge on any atom is -0.251 e. The molecular weight excluding hydrogens is 182 g/mol. The maximum absolute atomic E-state index is 11.1. The van der Waals surface area contributed by atoms with Gasteiger partial charge < -0.3 is 0 Å². The van der Waals surface area contributed by atoms with Gasteiger partial charge in [0.2, 0.25) is 0 Å². The van der Waals surface area contributed by atoms with Crippen molar-refractivity contribution in [3.8, 4) is 0 Å². The molecule has 2 N–H and O–H groups in total. The van der Waals surface area contributed by atoms with E-state index in [1.54, 1.807) is 0 Å². The van der Waals surface area contributed by atoms with Gasteiger partial charge in [0.05, 0.1) is 15.7 Å². The molecule has 0 amide bonds. The van der Waals surface area contributed by atoms with Crippen LogP contribution in [0.3, 0.4) is 0 Å². The van der Waals surface area contributed by atoms with E-state index in [9.17, 15) is 4.21 Å². The van der Waals surface area contributed by atoms with E-state index in [0.717, 1.165) is 0 Å². The molecule has 0 radical (unpaired) electrons. The molecule has 1 aliphatic rings. The van der Waals surface area contributed by atoms with Crippen molar-refractivity contribution in [2.24, 2.45) is 11.1 Å². The molecule has 76 valence electrons. The lowest BCUT2D eigenvalue weighted by Crippen LogP contribution is -2.29. The fourth-order valence-electron chi connectivity index (χ4n) is 1.58. The summed E-state index contributed by atoms with van der Waals surface area (Å²) in [7, 11) is -1.26. The van der Waals surface area contributed by atoms with Crippen LogP contribution in [0.15, 0.2) is 12.2 Å². The lowest BCUT2D eigenvalue weighted by atomic mass is 10.1. The van der Waals surface area contributed by atoms with Crippen LogP contribution in [0, 0.1) is 5.92 Å². The molecule has 0 bridgehead atoms. The molecule has 0 saturated heterocycles. The molecule has 0 aliphatic heterocycles. The monoisotopic (exact) mass is 201 g/mol. The van der Waals surface area contributed by atoms with E-state index in [4.69, 9.17) is 5.14 Å². The summed E-state index contributed by atoms with van der Waals surface area (Å²) in [6, 6.07) is 0. The van der Waals surface area contributed by atoms with Crippen LogP contribution in [0.4, 0.5) is 0 Å². The summed E-state index contributed by atoms with van der Waals surface area (Å²) in [6.07, 6.45) is 9.44. The van der Waals surface area contributed by atoms with Crippen LogP contribution in [0.25, 0.3) is 0 Å². The summed E-state index contributed by atoms with van der Waals surface area (Å²) < 4.78 is 10.7. The lowest BCUT2D eigenvalue weighted by molar-refractivity contribution is 0.655. The maximum atomic E-state index is 11.1. The van der Waals surface area contributed by atoms with Gasteiger partial charge in [0.15, 0.2) is 0 Å². The summed E-state index contributed by atoms with van der Waals surface area (Å²) in [5.41, 5.74) is 0. The minimum atomic E-state index is -1.26. The van der Waals surface area contributed by atoms with Crippen molar-refractivity contribution in [3.63, 3.8) is 0 Å².